The molecule has 2 nitrogen and oxygen atoms in total. The van der Waals surface area contributed by atoms with Crippen LogP contribution in [0.25, 0.3) is 0 Å². The van der Waals surface area contributed by atoms with Gasteiger partial charge in [-0.1, -0.05) is 26.8 Å². The Kier molecular flexibility index (Phi) is 2.17. The van der Waals surface area contributed by atoms with Gasteiger partial charge in [-0.2, -0.15) is 5.10 Å². The third-order valence-electron chi connectivity index (χ3n) is 3.24. The molecule has 2 aliphatic rings. The molecule has 0 aromatic heterocycles. The standard InChI is InChI=1S/C12H20N2/c1-9-5-6-10(2)14-11(9)7-12(3,4)8-13-14/h7-10H,5-6H2,1-4H3/t9-,10+/m1/s1. The first-order valence-electron chi connectivity index (χ1n) is 5.57. The first kappa shape index (κ1) is 9.75. The summed E-state index contributed by atoms with van der Waals surface area (Å²) in [5.74, 6) is 0.669. The third kappa shape index (κ3) is 1.58. The summed E-state index contributed by atoms with van der Waals surface area (Å²) in [5.41, 5.74) is 1.56. The lowest BCUT2D eigenvalue weighted by Crippen LogP contribution is -2.39. The van der Waals surface area contributed by atoms with E-state index in [1.165, 1.54) is 18.5 Å². The van der Waals surface area contributed by atoms with Crippen LogP contribution in [0.2, 0.25) is 0 Å². The van der Waals surface area contributed by atoms with E-state index in [2.05, 4.69) is 50.1 Å². The maximum atomic E-state index is 4.58. The van der Waals surface area contributed by atoms with Gasteiger partial charge in [0.1, 0.15) is 0 Å². The monoisotopic (exact) mass is 192 g/mol. The van der Waals surface area contributed by atoms with Crippen molar-refractivity contribution in [2.75, 3.05) is 0 Å². The summed E-state index contributed by atoms with van der Waals surface area (Å²) < 4.78 is 0. The minimum Gasteiger partial charge on any atom is -0.267 e. The van der Waals surface area contributed by atoms with Crippen LogP contribution in [0.4, 0.5) is 0 Å². The van der Waals surface area contributed by atoms with E-state index >= 15 is 0 Å². The fourth-order valence-corrected chi connectivity index (χ4v) is 2.26. The van der Waals surface area contributed by atoms with Gasteiger partial charge in [-0.05, 0) is 25.7 Å². The normalized spacial score (nSPS) is 35.1. The molecule has 2 aliphatic heterocycles. The second-order valence-electron chi connectivity index (χ2n) is 5.31. The largest absolute Gasteiger partial charge is 0.267 e. The summed E-state index contributed by atoms with van der Waals surface area (Å²) in [6.07, 6.45) is 7.00. The van der Waals surface area contributed by atoms with Gasteiger partial charge >= 0.3 is 0 Å². The topological polar surface area (TPSA) is 15.6 Å². The average Bonchev–Trinajstić information content (AvgIpc) is 2.10. The van der Waals surface area contributed by atoms with Crippen LogP contribution in [-0.4, -0.2) is 17.3 Å². The summed E-state index contributed by atoms with van der Waals surface area (Å²) >= 11 is 0. The molecule has 0 spiro atoms. The van der Waals surface area contributed by atoms with Crippen molar-refractivity contribution in [1.82, 2.24) is 5.01 Å². The predicted molar refractivity (Wildman–Crippen MR) is 60.1 cm³/mol. The van der Waals surface area contributed by atoms with Crippen molar-refractivity contribution < 1.29 is 0 Å². The van der Waals surface area contributed by atoms with Crippen LogP contribution in [0.3, 0.4) is 0 Å². The molecule has 2 rings (SSSR count). The Balaban J connectivity index is 2.31. The molecule has 1 saturated heterocycles. The number of hydrogen-bond acceptors (Lipinski definition) is 2. The highest BCUT2D eigenvalue weighted by molar-refractivity contribution is 5.68. The Hall–Kier alpha value is -0.790. The van der Waals surface area contributed by atoms with E-state index < -0.39 is 0 Å². The Morgan fingerprint density at radius 3 is 2.79 bits per heavy atom. The molecule has 2 heteroatoms. The molecule has 0 aromatic rings. The molecular formula is C12H20N2. The van der Waals surface area contributed by atoms with Crippen LogP contribution in [0.5, 0.6) is 0 Å². The molecule has 2 heterocycles. The van der Waals surface area contributed by atoms with E-state index in [1.807, 2.05) is 0 Å². The van der Waals surface area contributed by atoms with Gasteiger partial charge < -0.3 is 0 Å². The number of rotatable bonds is 0. The van der Waals surface area contributed by atoms with E-state index in [4.69, 9.17) is 0 Å². The van der Waals surface area contributed by atoms with Crippen molar-refractivity contribution in [3.63, 3.8) is 0 Å². The summed E-state index contributed by atoms with van der Waals surface area (Å²) in [5, 5.41) is 6.78. The minimum absolute atomic E-state index is 0.136. The molecule has 0 N–H and O–H groups in total. The number of piperidine rings is 1. The van der Waals surface area contributed by atoms with Crippen molar-refractivity contribution in [2.24, 2.45) is 16.4 Å². The second kappa shape index (κ2) is 3.11. The van der Waals surface area contributed by atoms with Crippen LogP contribution in [0, 0.1) is 11.3 Å². The Morgan fingerprint density at radius 2 is 2.07 bits per heavy atom. The zero-order chi connectivity index (χ0) is 10.3. The van der Waals surface area contributed by atoms with Crippen LogP contribution < -0.4 is 0 Å². The highest BCUT2D eigenvalue weighted by Gasteiger charge is 2.31. The molecule has 0 bridgehead atoms. The molecule has 78 valence electrons. The van der Waals surface area contributed by atoms with Gasteiger partial charge in [-0.3, -0.25) is 5.01 Å². The molecule has 0 aromatic carbocycles. The molecule has 0 aliphatic carbocycles. The second-order valence-corrected chi connectivity index (χ2v) is 5.31. The fourth-order valence-electron chi connectivity index (χ4n) is 2.26. The first-order chi connectivity index (χ1) is 6.49. The quantitative estimate of drug-likeness (QED) is 0.576. The summed E-state index contributed by atoms with van der Waals surface area (Å²) in [6.45, 7) is 9.00. The van der Waals surface area contributed by atoms with Crippen LogP contribution >= 0.6 is 0 Å². The van der Waals surface area contributed by atoms with Gasteiger partial charge in [0.15, 0.2) is 0 Å². The third-order valence-corrected chi connectivity index (χ3v) is 3.24. The minimum atomic E-state index is 0.136. The number of allylic oxidation sites excluding steroid dienone is 2. The van der Waals surface area contributed by atoms with Crippen molar-refractivity contribution in [3.8, 4) is 0 Å². The lowest BCUT2D eigenvalue weighted by Gasteiger charge is -2.41. The molecule has 0 amide bonds. The van der Waals surface area contributed by atoms with Crippen molar-refractivity contribution >= 4 is 6.21 Å². The highest BCUT2D eigenvalue weighted by Crippen LogP contribution is 2.36. The van der Waals surface area contributed by atoms with E-state index in [1.54, 1.807) is 0 Å². The molecule has 2 atom stereocenters. The summed E-state index contributed by atoms with van der Waals surface area (Å²) in [7, 11) is 0. The lowest BCUT2D eigenvalue weighted by atomic mass is 9.85. The van der Waals surface area contributed by atoms with Gasteiger partial charge in [-0.25, -0.2) is 0 Å². The van der Waals surface area contributed by atoms with E-state index in [-0.39, 0.29) is 5.41 Å². The Labute approximate surface area is 86.7 Å². The number of hydrogen-bond donors (Lipinski definition) is 0. The summed E-state index contributed by atoms with van der Waals surface area (Å²) in [6, 6.07) is 0.574. The van der Waals surface area contributed by atoms with Gasteiger partial charge in [-0.15, -0.1) is 0 Å². The molecule has 1 fully saturated rings. The van der Waals surface area contributed by atoms with Crippen molar-refractivity contribution in [2.45, 2.75) is 46.6 Å². The van der Waals surface area contributed by atoms with E-state index in [9.17, 15) is 0 Å². The fraction of sp³-hybridized carbons (Fsp3) is 0.750. The van der Waals surface area contributed by atoms with Gasteiger partial charge in [0.05, 0.1) is 0 Å². The van der Waals surface area contributed by atoms with Gasteiger partial charge in [0, 0.05) is 23.4 Å². The SMILES string of the molecule is C[C@@H]1CC[C@H](C)N2N=CC(C)(C)C=C12. The molecular weight excluding hydrogens is 172 g/mol. The lowest BCUT2D eigenvalue weighted by molar-refractivity contribution is 0.180. The van der Waals surface area contributed by atoms with Crippen molar-refractivity contribution in [3.05, 3.63) is 11.8 Å². The number of fused-ring (bicyclic) bond motifs is 1. The zero-order valence-corrected chi connectivity index (χ0v) is 9.62. The molecule has 0 unspecified atom stereocenters. The Morgan fingerprint density at radius 1 is 1.36 bits per heavy atom. The average molecular weight is 192 g/mol. The van der Waals surface area contributed by atoms with E-state index in [0.29, 0.717) is 12.0 Å². The maximum absolute atomic E-state index is 4.58. The predicted octanol–water partition coefficient (Wildman–Crippen LogP) is 3.02. The number of nitrogens with zero attached hydrogens (tertiary/aromatic N) is 2. The van der Waals surface area contributed by atoms with Gasteiger partial charge in [0.2, 0.25) is 0 Å². The highest BCUT2D eigenvalue weighted by atomic mass is 15.5. The van der Waals surface area contributed by atoms with Crippen molar-refractivity contribution in [1.29, 1.82) is 0 Å². The number of hydrazone groups is 1. The smallest absolute Gasteiger partial charge is 0.0494 e. The maximum Gasteiger partial charge on any atom is 0.0494 e. The van der Waals surface area contributed by atoms with Crippen LogP contribution in [0.15, 0.2) is 16.9 Å². The molecule has 14 heavy (non-hydrogen) atoms. The first-order valence-corrected chi connectivity index (χ1v) is 5.57. The zero-order valence-electron chi connectivity index (χ0n) is 9.62. The van der Waals surface area contributed by atoms with Crippen LogP contribution in [-0.2, 0) is 0 Å². The van der Waals surface area contributed by atoms with Gasteiger partial charge in [0.25, 0.3) is 0 Å². The summed E-state index contributed by atoms with van der Waals surface area (Å²) in [4.78, 5) is 0. The van der Waals surface area contributed by atoms with Crippen LogP contribution in [0.1, 0.15) is 40.5 Å². The van der Waals surface area contributed by atoms with E-state index in [0.717, 1.165) is 0 Å². The Bertz CT molecular complexity index is 289. The molecule has 0 radical (unpaired) electrons. The molecule has 0 saturated carbocycles.